The predicted octanol–water partition coefficient (Wildman–Crippen LogP) is 4.25. The van der Waals surface area contributed by atoms with Gasteiger partial charge in [-0.15, -0.1) is 0 Å². The highest BCUT2D eigenvalue weighted by atomic mass is 32.2. The molecule has 0 fully saturated rings. The Balaban J connectivity index is 1.73. The molecule has 2 aromatic carbocycles. The van der Waals surface area contributed by atoms with Gasteiger partial charge in [-0.3, -0.25) is 0 Å². The molecule has 0 spiro atoms. The van der Waals surface area contributed by atoms with Crippen molar-refractivity contribution in [1.82, 2.24) is 5.16 Å². The van der Waals surface area contributed by atoms with Gasteiger partial charge in [-0.05, 0) is 47.3 Å². The molecule has 23 heavy (non-hydrogen) atoms. The third-order valence-corrected chi connectivity index (χ3v) is 4.00. The third kappa shape index (κ3) is 3.73. The molecule has 0 saturated heterocycles. The molecule has 0 aliphatic rings. The number of rotatable bonds is 5. The first-order chi connectivity index (χ1) is 11.3. The van der Waals surface area contributed by atoms with E-state index in [9.17, 15) is 4.79 Å². The van der Waals surface area contributed by atoms with Crippen LogP contribution in [0.2, 0.25) is 0 Å². The van der Waals surface area contributed by atoms with Gasteiger partial charge in [0.25, 0.3) is 0 Å². The molecular weight excluding hydrogens is 312 g/mol. The highest BCUT2D eigenvalue weighted by molar-refractivity contribution is 8.00. The number of benzene rings is 2. The molecule has 3 rings (SSSR count). The van der Waals surface area contributed by atoms with Gasteiger partial charge in [-0.25, -0.2) is 4.79 Å². The summed E-state index contributed by atoms with van der Waals surface area (Å²) in [7, 11) is 1.38. The van der Waals surface area contributed by atoms with E-state index in [1.54, 1.807) is 12.1 Å². The standard InChI is InChI=1S/C17H14N2O3S/c1-21-17(20)14-4-2-3-13(11-14)12-5-7-15(8-6-12)23-19-16-9-10-22-18-16/h2-11H,1H3,(H,18,19). The largest absolute Gasteiger partial charge is 0.465 e. The van der Waals surface area contributed by atoms with Crippen LogP contribution in [0, 0.1) is 0 Å². The fourth-order valence-electron chi connectivity index (χ4n) is 2.04. The normalized spacial score (nSPS) is 10.3. The maximum Gasteiger partial charge on any atom is 0.337 e. The fraction of sp³-hybridized carbons (Fsp3) is 0.0588. The molecule has 3 aromatic rings. The van der Waals surface area contributed by atoms with Crippen molar-refractivity contribution in [3.8, 4) is 11.1 Å². The summed E-state index contributed by atoms with van der Waals surface area (Å²) in [6.07, 6.45) is 1.51. The summed E-state index contributed by atoms with van der Waals surface area (Å²) in [6.45, 7) is 0. The minimum absolute atomic E-state index is 0.337. The molecule has 1 aromatic heterocycles. The summed E-state index contributed by atoms with van der Waals surface area (Å²) in [5.74, 6) is 0.334. The number of aromatic nitrogens is 1. The van der Waals surface area contributed by atoms with Crippen LogP contribution < -0.4 is 4.72 Å². The lowest BCUT2D eigenvalue weighted by molar-refractivity contribution is 0.0601. The number of methoxy groups -OCH3 is 1. The SMILES string of the molecule is COC(=O)c1cccc(-c2ccc(SNc3ccon3)cc2)c1. The van der Waals surface area contributed by atoms with Crippen LogP contribution in [0.25, 0.3) is 11.1 Å². The maximum atomic E-state index is 11.6. The zero-order valence-corrected chi connectivity index (χ0v) is 13.2. The first-order valence-electron chi connectivity index (χ1n) is 6.88. The van der Waals surface area contributed by atoms with Crippen LogP contribution in [0.5, 0.6) is 0 Å². The Morgan fingerprint density at radius 3 is 2.65 bits per heavy atom. The van der Waals surface area contributed by atoms with Gasteiger partial charge in [-0.2, -0.15) is 0 Å². The van der Waals surface area contributed by atoms with Crippen LogP contribution in [0.1, 0.15) is 10.4 Å². The van der Waals surface area contributed by atoms with Gasteiger partial charge in [0.05, 0.1) is 12.7 Å². The third-order valence-electron chi connectivity index (χ3n) is 3.18. The number of hydrogen-bond donors (Lipinski definition) is 1. The maximum absolute atomic E-state index is 11.6. The number of anilines is 1. The summed E-state index contributed by atoms with van der Waals surface area (Å²) < 4.78 is 12.6. The molecule has 1 N–H and O–H groups in total. The fourth-order valence-corrected chi connectivity index (χ4v) is 2.64. The van der Waals surface area contributed by atoms with Crippen molar-refractivity contribution in [2.24, 2.45) is 0 Å². The number of ether oxygens (including phenoxy) is 1. The van der Waals surface area contributed by atoms with E-state index in [1.165, 1.54) is 25.3 Å². The second-order valence-corrected chi connectivity index (χ2v) is 5.57. The van der Waals surface area contributed by atoms with Crippen LogP contribution in [-0.2, 0) is 4.74 Å². The molecule has 0 bridgehead atoms. The summed E-state index contributed by atoms with van der Waals surface area (Å²) in [5.41, 5.74) is 2.53. The van der Waals surface area contributed by atoms with Crippen LogP contribution in [-0.4, -0.2) is 18.2 Å². The van der Waals surface area contributed by atoms with Crippen molar-refractivity contribution in [3.63, 3.8) is 0 Å². The van der Waals surface area contributed by atoms with Crippen LogP contribution in [0.4, 0.5) is 5.82 Å². The predicted molar refractivity (Wildman–Crippen MR) is 89.2 cm³/mol. The zero-order chi connectivity index (χ0) is 16.1. The van der Waals surface area contributed by atoms with Crippen molar-refractivity contribution in [2.45, 2.75) is 4.90 Å². The molecule has 6 heteroatoms. The Hall–Kier alpha value is -2.73. The molecule has 5 nitrogen and oxygen atoms in total. The van der Waals surface area contributed by atoms with Crippen molar-refractivity contribution in [2.75, 3.05) is 11.8 Å². The number of nitrogens with one attached hydrogen (secondary N) is 1. The number of nitrogens with zero attached hydrogens (tertiary/aromatic N) is 1. The number of carbonyl (C=O) groups excluding carboxylic acids is 1. The second-order valence-electron chi connectivity index (χ2n) is 4.69. The van der Waals surface area contributed by atoms with Gasteiger partial charge in [0.2, 0.25) is 0 Å². The van der Waals surface area contributed by atoms with Gasteiger partial charge in [0.1, 0.15) is 6.26 Å². The summed E-state index contributed by atoms with van der Waals surface area (Å²) in [4.78, 5) is 12.6. The van der Waals surface area contributed by atoms with E-state index in [1.807, 2.05) is 42.5 Å². The summed E-state index contributed by atoms with van der Waals surface area (Å²) in [6, 6.07) is 17.1. The van der Waals surface area contributed by atoms with E-state index in [0.717, 1.165) is 16.0 Å². The molecule has 0 radical (unpaired) electrons. The van der Waals surface area contributed by atoms with Crippen molar-refractivity contribution in [3.05, 3.63) is 66.4 Å². The van der Waals surface area contributed by atoms with Crippen LogP contribution in [0.3, 0.4) is 0 Å². The minimum atomic E-state index is -0.337. The highest BCUT2D eigenvalue weighted by Gasteiger charge is 2.07. The second kappa shape index (κ2) is 7.02. The molecule has 1 heterocycles. The van der Waals surface area contributed by atoms with Crippen molar-refractivity contribution >= 4 is 23.7 Å². The summed E-state index contributed by atoms with van der Waals surface area (Å²) >= 11 is 1.45. The van der Waals surface area contributed by atoms with Gasteiger partial charge < -0.3 is 14.0 Å². The van der Waals surface area contributed by atoms with Crippen LogP contribution in [0.15, 0.2) is 70.3 Å². The Kier molecular flexibility index (Phi) is 4.63. The smallest absolute Gasteiger partial charge is 0.337 e. The average Bonchev–Trinajstić information content (AvgIpc) is 3.13. The molecular formula is C17H14N2O3S. The van der Waals surface area contributed by atoms with Gasteiger partial charge >= 0.3 is 5.97 Å². The van der Waals surface area contributed by atoms with Crippen molar-refractivity contribution < 1.29 is 14.1 Å². The van der Waals surface area contributed by atoms with E-state index in [2.05, 4.69) is 9.88 Å². The number of hydrogen-bond acceptors (Lipinski definition) is 6. The van der Waals surface area contributed by atoms with E-state index in [0.29, 0.717) is 11.4 Å². The van der Waals surface area contributed by atoms with Gasteiger partial charge in [0, 0.05) is 11.0 Å². The van der Waals surface area contributed by atoms with Gasteiger partial charge in [0.15, 0.2) is 5.82 Å². The van der Waals surface area contributed by atoms with Crippen molar-refractivity contribution in [1.29, 1.82) is 0 Å². The Morgan fingerprint density at radius 1 is 1.13 bits per heavy atom. The molecule has 0 aliphatic heterocycles. The quantitative estimate of drug-likeness (QED) is 0.558. The first kappa shape index (κ1) is 15.2. The van der Waals surface area contributed by atoms with E-state index in [-0.39, 0.29) is 5.97 Å². The van der Waals surface area contributed by atoms with E-state index in [4.69, 9.17) is 9.26 Å². The number of esters is 1. The minimum Gasteiger partial charge on any atom is -0.465 e. The monoisotopic (exact) mass is 326 g/mol. The molecule has 0 unspecified atom stereocenters. The molecule has 0 atom stereocenters. The zero-order valence-electron chi connectivity index (χ0n) is 12.4. The first-order valence-corrected chi connectivity index (χ1v) is 7.70. The molecule has 0 saturated carbocycles. The lowest BCUT2D eigenvalue weighted by atomic mass is 10.0. The van der Waals surface area contributed by atoms with E-state index < -0.39 is 0 Å². The highest BCUT2D eigenvalue weighted by Crippen LogP contribution is 2.25. The molecule has 116 valence electrons. The summed E-state index contributed by atoms with van der Waals surface area (Å²) in [5, 5.41) is 3.78. The Morgan fingerprint density at radius 2 is 1.96 bits per heavy atom. The Labute approximate surface area is 137 Å². The Bertz CT molecular complexity index is 786. The van der Waals surface area contributed by atoms with Crippen LogP contribution >= 0.6 is 11.9 Å². The number of carbonyl (C=O) groups is 1. The van der Waals surface area contributed by atoms with Gasteiger partial charge in [-0.1, -0.05) is 29.4 Å². The molecule has 0 amide bonds. The van der Waals surface area contributed by atoms with E-state index >= 15 is 0 Å². The topological polar surface area (TPSA) is 64.4 Å². The lowest BCUT2D eigenvalue weighted by Crippen LogP contribution is -2.00. The lowest BCUT2D eigenvalue weighted by Gasteiger charge is -2.06. The molecule has 0 aliphatic carbocycles. The average molecular weight is 326 g/mol.